The monoisotopic (exact) mass is 326 g/mol. The maximum Gasteiger partial charge on any atom is 0.151 e. The van der Waals surface area contributed by atoms with Crippen molar-refractivity contribution in [2.75, 3.05) is 25.0 Å². The molecule has 24 heavy (non-hydrogen) atoms. The Morgan fingerprint density at radius 1 is 1.17 bits per heavy atom. The van der Waals surface area contributed by atoms with Gasteiger partial charge in [-0.1, -0.05) is 20.8 Å². The SMILES string of the molecule is Cc1nccc(CN(C)C2CN(c3ccc(C(C)(C)C)nn3)C2)n1. The van der Waals surface area contributed by atoms with E-state index < -0.39 is 0 Å². The van der Waals surface area contributed by atoms with E-state index in [1.165, 1.54) is 0 Å². The molecule has 1 saturated heterocycles. The smallest absolute Gasteiger partial charge is 0.151 e. The molecule has 3 rings (SSSR count). The molecule has 0 bridgehead atoms. The minimum absolute atomic E-state index is 0.0406. The molecule has 3 heterocycles. The van der Waals surface area contributed by atoms with Crippen molar-refractivity contribution in [1.29, 1.82) is 0 Å². The van der Waals surface area contributed by atoms with Crippen LogP contribution in [0.25, 0.3) is 0 Å². The molecular formula is C18H26N6. The highest BCUT2D eigenvalue weighted by molar-refractivity contribution is 5.42. The number of nitrogens with zero attached hydrogens (tertiary/aromatic N) is 6. The van der Waals surface area contributed by atoms with Crippen LogP contribution < -0.4 is 4.90 Å². The van der Waals surface area contributed by atoms with Crippen molar-refractivity contribution < 1.29 is 0 Å². The first kappa shape index (κ1) is 16.8. The van der Waals surface area contributed by atoms with Crippen LogP contribution in [0.1, 0.15) is 38.0 Å². The summed E-state index contributed by atoms with van der Waals surface area (Å²) < 4.78 is 0. The predicted octanol–water partition coefficient (Wildman–Crippen LogP) is 2.19. The van der Waals surface area contributed by atoms with E-state index in [0.717, 1.165) is 42.7 Å². The lowest BCUT2D eigenvalue weighted by Crippen LogP contribution is -2.58. The van der Waals surface area contributed by atoms with Crippen molar-refractivity contribution >= 4 is 5.82 Å². The van der Waals surface area contributed by atoms with Crippen molar-refractivity contribution in [1.82, 2.24) is 25.1 Å². The predicted molar refractivity (Wildman–Crippen MR) is 95.0 cm³/mol. The molecule has 6 heteroatoms. The van der Waals surface area contributed by atoms with Gasteiger partial charge in [0.2, 0.25) is 0 Å². The summed E-state index contributed by atoms with van der Waals surface area (Å²) >= 11 is 0. The molecule has 6 nitrogen and oxygen atoms in total. The number of likely N-dealkylation sites (N-methyl/N-ethyl adjacent to an activating group) is 1. The maximum absolute atomic E-state index is 4.48. The van der Waals surface area contributed by atoms with Gasteiger partial charge in [0.05, 0.1) is 11.4 Å². The van der Waals surface area contributed by atoms with Crippen LogP contribution in [0.15, 0.2) is 24.4 Å². The Morgan fingerprint density at radius 2 is 1.92 bits per heavy atom. The summed E-state index contributed by atoms with van der Waals surface area (Å²) in [5, 5.41) is 8.77. The summed E-state index contributed by atoms with van der Waals surface area (Å²) in [6, 6.07) is 6.67. The molecule has 2 aromatic heterocycles. The van der Waals surface area contributed by atoms with Crippen molar-refractivity contribution in [2.45, 2.75) is 45.7 Å². The quantitative estimate of drug-likeness (QED) is 0.858. The van der Waals surface area contributed by atoms with Crippen molar-refractivity contribution in [2.24, 2.45) is 0 Å². The fraction of sp³-hybridized carbons (Fsp3) is 0.556. The Bertz CT molecular complexity index is 685. The van der Waals surface area contributed by atoms with Crippen molar-refractivity contribution in [3.05, 3.63) is 41.6 Å². The van der Waals surface area contributed by atoms with Gasteiger partial charge in [0.1, 0.15) is 5.82 Å². The first-order valence-electron chi connectivity index (χ1n) is 8.41. The molecule has 0 unspecified atom stereocenters. The topological polar surface area (TPSA) is 58.0 Å². The van der Waals surface area contributed by atoms with Gasteiger partial charge in [0.15, 0.2) is 5.82 Å². The fourth-order valence-electron chi connectivity index (χ4n) is 2.79. The van der Waals surface area contributed by atoms with Crippen LogP contribution in [0.5, 0.6) is 0 Å². The normalized spacial score (nSPS) is 15.7. The number of rotatable bonds is 4. The molecule has 0 saturated carbocycles. The largest absolute Gasteiger partial charge is 0.352 e. The van der Waals surface area contributed by atoms with E-state index >= 15 is 0 Å². The Hall–Kier alpha value is -2.08. The summed E-state index contributed by atoms with van der Waals surface area (Å²) in [6.07, 6.45) is 1.82. The zero-order valence-electron chi connectivity index (χ0n) is 15.2. The van der Waals surface area contributed by atoms with Gasteiger partial charge in [0, 0.05) is 37.3 Å². The van der Waals surface area contributed by atoms with Crippen molar-refractivity contribution in [3.63, 3.8) is 0 Å². The van der Waals surface area contributed by atoms with E-state index in [-0.39, 0.29) is 5.41 Å². The Morgan fingerprint density at radius 3 is 2.50 bits per heavy atom. The lowest BCUT2D eigenvalue weighted by molar-refractivity contribution is 0.194. The summed E-state index contributed by atoms with van der Waals surface area (Å²) in [7, 11) is 2.15. The van der Waals surface area contributed by atoms with Gasteiger partial charge in [0.25, 0.3) is 0 Å². The molecule has 1 aliphatic rings. The van der Waals surface area contributed by atoms with Gasteiger partial charge in [-0.05, 0) is 32.2 Å². The molecule has 0 amide bonds. The van der Waals surface area contributed by atoms with Gasteiger partial charge < -0.3 is 4.90 Å². The minimum Gasteiger partial charge on any atom is -0.352 e. The third-order valence-electron chi connectivity index (χ3n) is 4.47. The Labute approximate surface area is 143 Å². The first-order chi connectivity index (χ1) is 11.3. The Balaban J connectivity index is 1.55. The summed E-state index contributed by atoms with van der Waals surface area (Å²) in [5.41, 5.74) is 2.14. The second-order valence-corrected chi connectivity index (χ2v) is 7.60. The molecule has 0 aliphatic carbocycles. The lowest BCUT2D eigenvalue weighted by atomic mass is 9.92. The molecule has 0 spiro atoms. The first-order valence-corrected chi connectivity index (χ1v) is 8.41. The molecule has 0 radical (unpaired) electrons. The molecule has 0 aromatic carbocycles. The van der Waals surface area contributed by atoms with Gasteiger partial charge in [-0.15, -0.1) is 5.10 Å². The van der Waals surface area contributed by atoms with Crippen LogP contribution in [0.2, 0.25) is 0 Å². The number of anilines is 1. The average molecular weight is 326 g/mol. The standard InChI is InChI=1S/C18H26N6/c1-13-19-9-8-14(20-13)10-23(5)15-11-24(12-15)17-7-6-16(21-22-17)18(2,3)4/h6-9,15H,10-12H2,1-5H3. The van der Waals surface area contributed by atoms with Crippen molar-refractivity contribution in [3.8, 4) is 0 Å². The lowest BCUT2D eigenvalue weighted by Gasteiger charge is -2.44. The highest BCUT2D eigenvalue weighted by Gasteiger charge is 2.31. The van der Waals surface area contributed by atoms with Crippen LogP contribution in [-0.2, 0) is 12.0 Å². The van der Waals surface area contributed by atoms with E-state index in [4.69, 9.17) is 0 Å². The molecule has 128 valence electrons. The maximum atomic E-state index is 4.48. The summed E-state index contributed by atoms with van der Waals surface area (Å²) in [6.45, 7) is 11.2. The molecule has 2 aromatic rings. The van der Waals surface area contributed by atoms with E-state index in [9.17, 15) is 0 Å². The van der Waals surface area contributed by atoms with Crippen LogP contribution in [0.4, 0.5) is 5.82 Å². The molecular weight excluding hydrogens is 300 g/mol. The molecule has 1 aliphatic heterocycles. The third kappa shape index (κ3) is 3.70. The highest BCUT2D eigenvalue weighted by atomic mass is 15.4. The third-order valence-corrected chi connectivity index (χ3v) is 4.47. The molecule has 0 N–H and O–H groups in total. The number of hydrogen-bond acceptors (Lipinski definition) is 6. The highest BCUT2D eigenvalue weighted by Crippen LogP contribution is 2.24. The van der Waals surface area contributed by atoms with E-state index in [2.05, 4.69) is 69.9 Å². The van der Waals surface area contributed by atoms with E-state index in [0.29, 0.717) is 6.04 Å². The fourth-order valence-corrected chi connectivity index (χ4v) is 2.79. The zero-order valence-corrected chi connectivity index (χ0v) is 15.2. The molecule has 1 fully saturated rings. The number of aryl methyl sites for hydroxylation is 1. The summed E-state index contributed by atoms with van der Waals surface area (Å²) in [5.74, 6) is 1.79. The van der Waals surface area contributed by atoms with Gasteiger partial charge in [-0.3, -0.25) is 4.90 Å². The van der Waals surface area contributed by atoms with Gasteiger partial charge in [-0.25, -0.2) is 9.97 Å². The van der Waals surface area contributed by atoms with Gasteiger partial charge in [-0.2, -0.15) is 5.10 Å². The number of aromatic nitrogens is 4. The van der Waals surface area contributed by atoms with E-state index in [1.807, 2.05) is 19.2 Å². The molecule has 0 atom stereocenters. The number of hydrogen-bond donors (Lipinski definition) is 0. The van der Waals surface area contributed by atoms with Crippen LogP contribution in [0, 0.1) is 6.92 Å². The minimum atomic E-state index is 0.0406. The van der Waals surface area contributed by atoms with E-state index in [1.54, 1.807) is 0 Å². The Kier molecular flexibility index (Phi) is 4.49. The summed E-state index contributed by atoms with van der Waals surface area (Å²) in [4.78, 5) is 13.2. The second kappa shape index (κ2) is 6.43. The van der Waals surface area contributed by atoms with Crippen LogP contribution in [0.3, 0.4) is 0 Å². The average Bonchev–Trinajstić information content (AvgIpc) is 2.45. The zero-order chi connectivity index (χ0) is 17.3. The second-order valence-electron chi connectivity index (χ2n) is 7.60. The van der Waals surface area contributed by atoms with Crippen LogP contribution >= 0.6 is 0 Å². The van der Waals surface area contributed by atoms with Gasteiger partial charge >= 0.3 is 0 Å². The van der Waals surface area contributed by atoms with Crippen LogP contribution in [-0.4, -0.2) is 51.2 Å².